The molecule has 0 saturated carbocycles. The SMILES string of the molecule is CCNC(=NCCS(=O)Cc1ccccc1)N1CC(C)C(C(=O)OC)C1.I. The van der Waals surface area contributed by atoms with Crippen LogP contribution in [-0.4, -0.2) is 60.1 Å². The summed E-state index contributed by atoms with van der Waals surface area (Å²) in [5.74, 6) is 1.78. The van der Waals surface area contributed by atoms with E-state index in [1.54, 1.807) is 0 Å². The summed E-state index contributed by atoms with van der Waals surface area (Å²) in [7, 11) is 0.487. The Balaban J connectivity index is 0.00000364. The predicted molar refractivity (Wildman–Crippen MR) is 121 cm³/mol. The molecule has 1 aromatic carbocycles. The molecule has 0 amide bonds. The third kappa shape index (κ3) is 7.40. The normalized spacial score (nSPS) is 20.7. The van der Waals surface area contributed by atoms with Crippen molar-refractivity contribution >= 4 is 46.7 Å². The van der Waals surface area contributed by atoms with E-state index in [-0.39, 0.29) is 41.8 Å². The zero-order valence-electron chi connectivity index (χ0n) is 16.2. The molecule has 3 atom stereocenters. The number of nitrogens with one attached hydrogen (secondary N) is 1. The maximum Gasteiger partial charge on any atom is 0.310 e. The lowest BCUT2D eigenvalue weighted by atomic mass is 9.99. The van der Waals surface area contributed by atoms with Crippen LogP contribution in [0.25, 0.3) is 0 Å². The maximum atomic E-state index is 12.3. The van der Waals surface area contributed by atoms with Crippen LogP contribution in [0.1, 0.15) is 19.4 Å². The molecule has 0 spiro atoms. The summed E-state index contributed by atoms with van der Waals surface area (Å²) in [6.07, 6.45) is 0. The second-order valence-corrected chi connectivity index (χ2v) is 8.10. The van der Waals surface area contributed by atoms with Gasteiger partial charge in [0.25, 0.3) is 0 Å². The predicted octanol–water partition coefficient (Wildman–Crippen LogP) is 2.26. The minimum absolute atomic E-state index is 0. The van der Waals surface area contributed by atoms with E-state index in [1.807, 2.05) is 37.3 Å². The third-order valence-electron chi connectivity index (χ3n) is 4.50. The van der Waals surface area contributed by atoms with Gasteiger partial charge in [-0.25, -0.2) is 0 Å². The second kappa shape index (κ2) is 12.3. The van der Waals surface area contributed by atoms with Crippen molar-refractivity contribution in [1.29, 1.82) is 0 Å². The van der Waals surface area contributed by atoms with Gasteiger partial charge >= 0.3 is 5.97 Å². The minimum atomic E-state index is -0.943. The number of halogens is 1. The molecule has 1 aromatic rings. The number of nitrogens with zero attached hydrogens (tertiary/aromatic N) is 2. The number of rotatable bonds is 7. The summed E-state index contributed by atoms with van der Waals surface area (Å²) in [4.78, 5) is 18.6. The fraction of sp³-hybridized carbons (Fsp3) is 0.579. The van der Waals surface area contributed by atoms with E-state index in [2.05, 4.69) is 22.1 Å². The first-order chi connectivity index (χ1) is 12.5. The van der Waals surface area contributed by atoms with Crippen LogP contribution in [0.2, 0.25) is 0 Å². The Kier molecular flexibility index (Phi) is 10.9. The van der Waals surface area contributed by atoms with Gasteiger partial charge in [0.05, 0.1) is 19.6 Å². The average molecular weight is 507 g/mol. The quantitative estimate of drug-likeness (QED) is 0.266. The molecular formula is C19H30IN3O3S. The Bertz CT molecular complexity index is 642. The number of hydrogen-bond donors (Lipinski definition) is 1. The topological polar surface area (TPSA) is 71.0 Å². The number of aliphatic imine (C=N–C) groups is 1. The van der Waals surface area contributed by atoms with Crippen LogP contribution in [0, 0.1) is 11.8 Å². The summed E-state index contributed by atoms with van der Waals surface area (Å²) >= 11 is 0. The molecule has 8 heteroatoms. The molecule has 0 radical (unpaired) electrons. The number of guanidine groups is 1. The summed E-state index contributed by atoms with van der Waals surface area (Å²) < 4.78 is 17.1. The van der Waals surface area contributed by atoms with E-state index in [0.717, 1.165) is 24.6 Å². The molecule has 1 saturated heterocycles. The van der Waals surface area contributed by atoms with Gasteiger partial charge in [0.2, 0.25) is 0 Å². The van der Waals surface area contributed by atoms with Crippen LogP contribution in [0.3, 0.4) is 0 Å². The molecule has 0 aliphatic carbocycles. The van der Waals surface area contributed by atoms with Crippen molar-refractivity contribution < 1.29 is 13.7 Å². The van der Waals surface area contributed by atoms with Gasteiger partial charge in [-0.3, -0.25) is 14.0 Å². The summed E-state index contributed by atoms with van der Waals surface area (Å²) in [5.41, 5.74) is 1.08. The Morgan fingerprint density at radius 3 is 2.67 bits per heavy atom. The van der Waals surface area contributed by atoms with Gasteiger partial charge in [0.15, 0.2) is 5.96 Å². The van der Waals surface area contributed by atoms with Crippen molar-refractivity contribution in [1.82, 2.24) is 10.2 Å². The van der Waals surface area contributed by atoms with E-state index in [0.29, 0.717) is 24.6 Å². The van der Waals surface area contributed by atoms with Crippen LogP contribution < -0.4 is 5.32 Å². The molecule has 27 heavy (non-hydrogen) atoms. The van der Waals surface area contributed by atoms with Gasteiger partial charge in [0, 0.05) is 41.9 Å². The van der Waals surface area contributed by atoms with Crippen LogP contribution >= 0.6 is 24.0 Å². The summed E-state index contributed by atoms with van der Waals surface area (Å²) in [6, 6.07) is 9.85. The Morgan fingerprint density at radius 1 is 1.33 bits per heavy atom. The zero-order valence-corrected chi connectivity index (χ0v) is 19.4. The lowest BCUT2D eigenvalue weighted by Crippen LogP contribution is -2.41. The lowest BCUT2D eigenvalue weighted by Gasteiger charge is -2.21. The van der Waals surface area contributed by atoms with Crippen LogP contribution in [0.4, 0.5) is 0 Å². The van der Waals surface area contributed by atoms with Gasteiger partial charge in [-0.05, 0) is 18.4 Å². The van der Waals surface area contributed by atoms with E-state index in [4.69, 9.17) is 4.74 Å². The maximum absolute atomic E-state index is 12.3. The molecule has 0 aromatic heterocycles. The largest absolute Gasteiger partial charge is 0.469 e. The first-order valence-corrected chi connectivity index (χ1v) is 10.5. The molecule has 1 aliphatic rings. The fourth-order valence-electron chi connectivity index (χ4n) is 3.11. The highest BCUT2D eigenvalue weighted by Gasteiger charge is 2.36. The third-order valence-corrected chi connectivity index (χ3v) is 5.79. The highest BCUT2D eigenvalue weighted by molar-refractivity contribution is 14.0. The summed E-state index contributed by atoms with van der Waals surface area (Å²) in [6.45, 7) is 6.68. The van der Waals surface area contributed by atoms with Crippen LogP contribution in [-0.2, 0) is 26.1 Å². The molecule has 152 valence electrons. The van der Waals surface area contributed by atoms with E-state index in [1.165, 1.54) is 7.11 Å². The van der Waals surface area contributed by atoms with Crippen molar-refractivity contribution in [2.45, 2.75) is 19.6 Å². The Morgan fingerprint density at radius 2 is 2.04 bits per heavy atom. The summed E-state index contributed by atoms with van der Waals surface area (Å²) in [5, 5.41) is 3.27. The van der Waals surface area contributed by atoms with E-state index in [9.17, 15) is 9.00 Å². The van der Waals surface area contributed by atoms with Crippen molar-refractivity contribution in [3.05, 3.63) is 35.9 Å². The first-order valence-electron chi connectivity index (χ1n) is 9.05. The Labute approximate surface area is 181 Å². The number of likely N-dealkylation sites (tertiary alicyclic amines) is 1. The number of esters is 1. The average Bonchev–Trinajstić information content (AvgIpc) is 3.03. The smallest absolute Gasteiger partial charge is 0.310 e. The van der Waals surface area contributed by atoms with Crippen molar-refractivity contribution in [2.24, 2.45) is 16.8 Å². The molecule has 6 nitrogen and oxygen atoms in total. The number of carbonyl (C=O) groups excluding carboxylic acids is 1. The number of ether oxygens (including phenoxy) is 1. The fourth-order valence-corrected chi connectivity index (χ4v) is 4.11. The lowest BCUT2D eigenvalue weighted by molar-refractivity contribution is -0.145. The van der Waals surface area contributed by atoms with E-state index >= 15 is 0 Å². The second-order valence-electron chi connectivity index (χ2n) is 6.52. The minimum Gasteiger partial charge on any atom is -0.469 e. The van der Waals surface area contributed by atoms with Crippen LogP contribution in [0.15, 0.2) is 35.3 Å². The van der Waals surface area contributed by atoms with Crippen molar-refractivity contribution in [2.75, 3.05) is 39.0 Å². The van der Waals surface area contributed by atoms with Gasteiger partial charge < -0.3 is 15.0 Å². The highest BCUT2D eigenvalue weighted by Crippen LogP contribution is 2.24. The molecule has 1 fully saturated rings. The van der Waals surface area contributed by atoms with Crippen molar-refractivity contribution in [3.63, 3.8) is 0 Å². The van der Waals surface area contributed by atoms with Crippen molar-refractivity contribution in [3.8, 4) is 0 Å². The number of hydrogen-bond acceptors (Lipinski definition) is 4. The van der Waals surface area contributed by atoms with Gasteiger partial charge in [-0.2, -0.15) is 0 Å². The van der Waals surface area contributed by atoms with Gasteiger partial charge in [-0.15, -0.1) is 24.0 Å². The standard InChI is InChI=1S/C19H29N3O3S.HI/c1-4-20-19(22-12-15(2)17(13-22)18(23)25-3)21-10-11-26(24)14-16-8-6-5-7-9-16;/h5-9,15,17H,4,10-14H2,1-3H3,(H,20,21);1H. The molecule has 2 rings (SSSR count). The van der Waals surface area contributed by atoms with Gasteiger partial charge in [-0.1, -0.05) is 37.3 Å². The highest BCUT2D eigenvalue weighted by atomic mass is 127. The first kappa shape index (κ1) is 23.9. The van der Waals surface area contributed by atoms with E-state index < -0.39 is 10.8 Å². The monoisotopic (exact) mass is 507 g/mol. The molecule has 1 aliphatic heterocycles. The van der Waals surface area contributed by atoms with Crippen LogP contribution in [0.5, 0.6) is 0 Å². The number of benzene rings is 1. The number of methoxy groups -OCH3 is 1. The zero-order chi connectivity index (χ0) is 18.9. The Hall–Kier alpha value is -1.16. The molecule has 3 unspecified atom stereocenters. The number of carbonyl (C=O) groups is 1. The molecule has 1 heterocycles. The molecular weight excluding hydrogens is 477 g/mol. The molecule has 0 bridgehead atoms. The van der Waals surface area contributed by atoms with Gasteiger partial charge in [0.1, 0.15) is 0 Å². The molecule has 1 N–H and O–H groups in total.